The average molecular weight is 280 g/mol. The average Bonchev–Trinajstić information content (AvgIpc) is 2.90. The van der Waals surface area contributed by atoms with E-state index in [2.05, 4.69) is 6.58 Å². The van der Waals surface area contributed by atoms with Crippen LogP contribution in [0.5, 0.6) is 0 Å². The van der Waals surface area contributed by atoms with E-state index < -0.39 is 0 Å². The molecule has 1 amide bonds. The summed E-state index contributed by atoms with van der Waals surface area (Å²) in [5.74, 6) is 0.110. The van der Waals surface area contributed by atoms with Crippen LogP contribution < -0.4 is 0 Å². The number of carbonyl (C=O) groups is 1. The molecule has 1 heterocycles. The number of carbonyl (C=O) groups excluding carboxylic acids is 1. The predicted molar refractivity (Wildman–Crippen MR) is 76.5 cm³/mol. The SMILES string of the molecule is C=CC(c1ccc(Cl)cc1)C1CCCN1C(=O)OC. The molecule has 0 aromatic heterocycles. The number of halogens is 1. The Morgan fingerprint density at radius 2 is 2.21 bits per heavy atom. The van der Waals surface area contributed by atoms with Crippen LogP contribution in [0.1, 0.15) is 24.3 Å². The van der Waals surface area contributed by atoms with Crippen LogP contribution in [0.15, 0.2) is 36.9 Å². The van der Waals surface area contributed by atoms with E-state index in [-0.39, 0.29) is 18.1 Å². The number of rotatable bonds is 3. The van der Waals surface area contributed by atoms with Crippen LogP contribution in [0.3, 0.4) is 0 Å². The van der Waals surface area contributed by atoms with Crippen molar-refractivity contribution in [1.82, 2.24) is 4.90 Å². The largest absolute Gasteiger partial charge is 0.453 e. The van der Waals surface area contributed by atoms with Gasteiger partial charge in [-0.15, -0.1) is 6.58 Å². The maximum atomic E-state index is 11.8. The summed E-state index contributed by atoms with van der Waals surface area (Å²) in [5.41, 5.74) is 1.13. The number of methoxy groups -OCH3 is 1. The van der Waals surface area contributed by atoms with Crippen LogP contribution in [-0.2, 0) is 4.74 Å². The Morgan fingerprint density at radius 3 is 2.79 bits per heavy atom. The van der Waals surface area contributed by atoms with Crippen molar-refractivity contribution in [1.29, 1.82) is 0 Å². The lowest BCUT2D eigenvalue weighted by Gasteiger charge is -2.29. The topological polar surface area (TPSA) is 29.5 Å². The molecule has 1 saturated heterocycles. The summed E-state index contributed by atoms with van der Waals surface area (Å²) in [5, 5.41) is 0.711. The second kappa shape index (κ2) is 6.11. The van der Waals surface area contributed by atoms with Gasteiger partial charge in [0.15, 0.2) is 0 Å². The minimum Gasteiger partial charge on any atom is -0.453 e. The zero-order valence-electron chi connectivity index (χ0n) is 11.0. The summed E-state index contributed by atoms with van der Waals surface area (Å²) < 4.78 is 4.85. The van der Waals surface area contributed by atoms with Crippen LogP contribution in [0.4, 0.5) is 4.79 Å². The second-order valence-electron chi connectivity index (χ2n) is 4.69. The highest BCUT2D eigenvalue weighted by atomic mass is 35.5. The predicted octanol–water partition coefficient (Wildman–Crippen LogP) is 3.84. The molecule has 0 spiro atoms. The first kappa shape index (κ1) is 13.9. The van der Waals surface area contributed by atoms with Crippen molar-refractivity contribution in [2.24, 2.45) is 0 Å². The lowest BCUT2D eigenvalue weighted by atomic mass is 9.90. The molecule has 0 radical (unpaired) electrons. The fourth-order valence-corrected chi connectivity index (χ4v) is 2.84. The first-order valence-electron chi connectivity index (χ1n) is 6.40. The Kier molecular flexibility index (Phi) is 4.48. The van der Waals surface area contributed by atoms with Crippen molar-refractivity contribution in [2.75, 3.05) is 13.7 Å². The molecule has 4 heteroatoms. The van der Waals surface area contributed by atoms with Crippen molar-refractivity contribution in [2.45, 2.75) is 24.8 Å². The van der Waals surface area contributed by atoms with Gasteiger partial charge in [-0.2, -0.15) is 0 Å². The summed E-state index contributed by atoms with van der Waals surface area (Å²) in [6, 6.07) is 7.83. The van der Waals surface area contributed by atoms with E-state index in [0.717, 1.165) is 24.9 Å². The van der Waals surface area contributed by atoms with Gasteiger partial charge in [0.1, 0.15) is 0 Å². The fraction of sp³-hybridized carbons (Fsp3) is 0.400. The van der Waals surface area contributed by atoms with E-state index in [1.807, 2.05) is 30.3 Å². The molecular formula is C15H18ClNO2. The number of hydrogen-bond donors (Lipinski definition) is 0. The molecule has 102 valence electrons. The quantitative estimate of drug-likeness (QED) is 0.787. The van der Waals surface area contributed by atoms with E-state index in [1.54, 1.807) is 4.90 Å². The molecule has 1 aromatic rings. The first-order chi connectivity index (χ1) is 9.17. The highest BCUT2D eigenvalue weighted by Gasteiger charge is 2.34. The van der Waals surface area contributed by atoms with E-state index in [9.17, 15) is 4.79 Å². The van der Waals surface area contributed by atoms with Gasteiger partial charge < -0.3 is 9.64 Å². The minimum absolute atomic E-state index is 0.110. The Bertz CT molecular complexity index is 458. The van der Waals surface area contributed by atoms with Crippen LogP contribution in [0, 0.1) is 0 Å². The van der Waals surface area contributed by atoms with Crippen molar-refractivity contribution in [3.05, 3.63) is 47.5 Å². The fourth-order valence-electron chi connectivity index (χ4n) is 2.71. The molecule has 1 aliphatic rings. The van der Waals surface area contributed by atoms with Crippen LogP contribution in [-0.4, -0.2) is 30.7 Å². The number of benzene rings is 1. The van der Waals surface area contributed by atoms with E-state index in [0.29, 0.717) is 5.02 Å². The summed E-state index contributed by atoms with van der Waals surface area (Å²) in [7, 11) is 1.42. The normalized spacial score (nSPS) is 20.1. The molecule has 0 N–H and O–H groups in total. The molecule has 19 heavy (non-hydrogen) atoms. The summed E-state index contributed by atoms with van der Waals surface area (Å²) >= 11 is 5.91. The molecule has 0 bridgehead atoms. The molecule has 1 fully saturated rings. The number of likely N-dealkylation sites (tertiary alicyclic amines) is 1. The minimum atomic E-state index is -0.261. The smallest absolute Gasteiger partial charge is 0.409 e. The Labute approximate surface area is 118 Å². The number of hydrogen-bond acceptors (Lipinski definition) is 2. The molecule has 1 aromatic carbocycles. The van der Waals surface area contributed by atoms with Gasteiger partial charge in [0.2, 0.25) is 0 Å². The number of nitrogens with zero attached hydrogens (tertiary/aromatic N) is 1. The lowest BCUT2D eigenvalue weighted by molar-refractivity contribution is 0.116. The van der Waals surface area contributed by atoms with E-state index >= 15 is 0 Å². The van der Waals surface area contributed by atoms with Gasteiger partial charge in [-0.1, -0.05) is 29.8 Å². The first-order valence-corrected chi connectivity index (χ1v) is 6.77. The molecule has 2 atom stereocenters. The van der Waals surface area contributed by atoms with E-state index in [1.165, 1.54) is 7.11 Å². The zero-order valence-corrected chi connectivity index (χ0v) is 11.8. The van der Waals surface area contributed by atoms with Gasteiger partial charge in [0, 0.05) is 23.5 Å². The third kappa shape index (κ3) is 2.92. The van der Waals surface area contributed by atoms with Gasteiger partial charge in [-0.3, -0.25) is 0 Å². The standard InChI is InChI=1S/C15H18ClNO2/c1-3-13(11-6-8-12(16)9-7-11)14-5-4-10-17(14)15(18)19-2/h3,6-9,13-14H,1,4-5,10H2,2H3. The van der Waals surface area contributed by atoms with Crippen LogP contribution >= 0.6 is 11.6 Å². The Morgan fingerprint density at radius 1 is 1.53 bits per heavy atom. The van der Waals surface area contributed by atoms with Gasteiger partial charge in [-0.05, 0) is 30.5 Å². The number of ether oxygens (including phenoxy) is 1. The Hall–Kier alpha value is -1.48. The van der Waals surface area contributed by atoms with Gasteiger partial charge in [-0.25, -0.2) is 4.79 Å². The highest BCUT2D eigenvalue weighted by Crippen LogP contribution is 2.32. The summed E-state index contributed by atoms with van der Waals surface area (Å²) in [6.45, 7) is 4.66. The number of amides is 1. The van der Waals surface area contributed by atoms with Gasteiger partial charge >= 0.3 is 6.09 Å². The van der Waals surface area contributed by atoms with Crippen molar-refractivity contribution in [3.8, 4) is 0 Å². The molecule has 2 rings (SSSR count). The summed E-state index contributed by atoms with van der Waals surface area (Å²) in [4.78, 5) is 13.6. The molecule has 1 aliphatic heterocycles. The summed E-state index contributed by atoms with van der Waals surface area (Å²) in [6.07, 6.45) is 3.60. The Balaban J connectivity index is 2.23. The molecular weight excluding hydrogens is 262 g/mol. The van der Waals surface area contributed by atoms with Gasteiger partial charge in [0.25, 0.3) is 0 Å². The molecule has 0 saturated carbocycles. The van der Waals surface area contributed by atoms with Crippen molar-refractivity contribution < 1.29 is 9.53 Å². The molecule has 2 unspecified atom stereocenters. The maximum Gasteiger partial charge on any atom is 0.409 e. The maximum absolute atomic E-state index is 11.8. The molecule has 0 aliphatic carbocycles. The molecule has 3 nitrogen and oxygen atoms in total. The highest BCUT2D eigenvalue weighted by molar-refractivity contribution is 6.30. The second-order valence-corrected chi connectivity index (χ2v) is 5.12. The monoisotopic (exact) mass is 279 g/mol. The lowest BCUT2D eigenvalue weighted by Crippen LogP contribution is -2.38. The third-order valence-electron chi connectivity index (χ3n) is 3.63. The zero-order chi connectivity index (χ0) is 13.8. The van der Waals surface area contributed by atoms with Gasteiger partial charge in [0.05, 0.1) is 7.11 Å². The van der Waals surface area contributed by atoms with E-state index in [4.69, 9.17) is 16.3 Å². The van der Waals surface area contributed by atoms with Crippen LogP contribution in [0.25, 0.3) is 0 Å². The van der Waals surface area contributed by atoms with Crippen LogP contribution in [0.2, 0.25) is 5.02 Å². The van der Waals surface area contributed by atoms with Crippen molar-refractivity contribution in [3.63, 3.8) is 0 Å². The third-order valence-corrected chi connectivity index (χ3v) is 3.88. The van der Waals surface area contributed by atoms with Crippen molar-refractivity contribution >= 4 is 17.7 Å².